The number of methoxy groups -OCH3 is 1. The Morgan fingerprint density at radius 2 is 2.19 bits per heavy atom. The molecule has 2 aliphatic carbocycles. The summed E-state index contributed by atoms with van der Waals surface area (Å²) in [7, 11) is 1.43. The highest BCUT2D eigenvalue weighted by molar-refractivity contribution is 7.99. The van der Waals surface area contributed by atoms with E-state index in [2.05, 4.69) is 20.1 Å². The van der Waals surface area contributed by atoms with Gasteiger partial charge in [0.05, 0.1) is 7.11 Å². The lowest BCUT2D eigenvalue weighted by Crippen LogP contribution is -2.39. The number of hydrogen-bond donors (Lipinski definition) is 1. The molecule has 2 aliphatic rings. The van der Waals surface area contributed by atoms with E-state index >= 15 is 0 Å². The fraction of sp³-hybridized carbons (Fsp3) is 0.786. The Labute approximate surface area is 129 Å². The van der Waals surface area contributed by atoms with E-state index in [4.69, 9.17) is 4.74 Å². The molecule has 1 unspecified atom stereocenters. The van der Waals surface area contributed by atoms with Gasteiger partial charge in [-0.05, 0) is 32.2 Å². The van der Waals surface area contributed by atoms with Gasteiger partial charge in [-0.2, -0.15) is 0 Å². The Morgan fingerprint density at radius 3 is 2.76 bits per heavy atom. The van der Waals surface area contributed by atoms with Crippen molar-refractivity contribution in [3.8, 4) is 0 Å². The molecule has 0 aliphatic heterocycles. The molecule has 6 nitrogen and oxygen atoms in total. The second kappa shape index (κ2) is 6.36. The van der Waals surface area contributed by atoms with Crippen molar-refractivity contribution in [3.63, 3.8) is 0 Å². The van der Waals surface area contributed by atoms with Crippen LogP contribution >= 0.6 is 11.8 Å². The van der Waals surface area contributed by atoms with E-state index in [1.165, 1.54) is 32.8 Å². The maximum Gasteiger partial charge on any atom is 0.323 e. The van der Waals surface area contributed by atoms with Crippen molar-refractivity contribution in [2.75, 3.05) is 19.4 Å². The van der Waals surface area contributed by atoms with E-state index in [0.29, 0.717) is 17.7 Å². The van der Waals surface area contributed by atoms with Gasteiger partial charge in [0.25, 0.3) is 0 Å². The fourth-order valence-corrected chi connectivity index (χ4v) is 3.49. The number of nitrogens with zero attached hydrogens (tertiary/aromatic N) is 3. The third-order valence-corrected chi connectivity index (χ3v) is 4.90. The lowest BCUT2D eigenvalue weighted by Gasteiger charge is -2.15. The van der Waals surface area contributed by atoms with Crippen LogP contribution in [0.4, 0.5) is 0 Å². The summed E-state index contributed by atoms with van der Waals surface area (Å²) < 4.78 is 7.15. The molecular weight excluding hydrogens is 288 g/mol. The molecule has 0 radical (unpaired) electrons. The summed E-state index contributed by atoms with van der Waals surface area (Å²) in [5, 5.41) is 12.8. The van der Waals surface area contributed by atoms with E-state index in [1.807, 2.05) is 6.92 Å². The number of carbonyl (C=O) groups excluding carboxylic acids is 1. The van der Waals surface area contributed by atoms with Crippen LogP contribution in [0, 0.1) is 0 Å². The normalized spacial score (nSPS) is 19.5. The molecule has 1 aromatic rings. The number of carbonyl (C=O) groups is 1. The zero-order chi connectivity index (χ0) is 14.8. The molecule has 0 bridgehead atoms. The Kier molecular flexibility index (Phi) is 4.49. The average molecular weight is 310 g/mol. The van der Waals surface area contributed by atoms with Gasteiger partial charge < -0.3 is 14.6 Å². The van der Waals surface area contributed by atoms with Crippen molar-refractivity contribution in [3.05, 3.63) is 5.82 Å². The van der Waals surface area contributed by atoms with Crippen LogP contribution in [0.3, 0.4) is 0 Å². The second-order valence-electron chi connectivity index (χ2n) is 5.66. The van der Waals surface area contributed by atoms with Crippen molar-refractivity contribution >= 4 is 17.7 Å². The number of hydrogen-bond acceptors (Lipinski definition) is 6. The number of likely N-dealkylation sites (N-methyl/N-ethyl adjacent to an activating group) is 1. The van der Waals surface area contributed by atoms with Gasteiger partial charge in [-0.3, -0.25) is 4.79 Å². The van der Waals surface area contributed by atoms with E-state index in [1.54, 1.807) is 11.8 Å². The third-order valence-electron chi connectivity index (χ3n) is 3.86. The highest BCUT2D eigenvalue weighted by atomic mass is 32.2. The first-order valence-corrected chi connectivity index (χ1v) is 8.62. The first-order valence-electron chi connectivity index (χ1n) is 7.63. The van der Waals surface area contributed by atoms with Gasteiger partial charge in [-0.25, -0.2) is 0 Å². The van der Waals surface area contributed by atoms with Gasteiger partial charge in [0.15, 0.2) is 5.16 Å². The number of rotatable bonds is 8. The van der Waals surface area contributed by atoms with Gasteiger partial charge in [0, 0.05) is 17.7 Å². The molecule has 2 fully saturated rings. The predicted molar refractivity (Wildman–Crippen MR) is 80.5 cm³/mol. The minimum Gasteiger partial charge on any atom is -0.468 e. The van der Waals surface area contributed by atoms with Crippen molar-refractivity contribution in [2.45, 2.75) is 55.8 Å². The number of ether oxygens (including phenoxy) is 1. The minimum absolute atomic E-state index is 0.218. The summed E-state index contributed by atoms with van der Waals surface area (Å²) in [4.78, 5) is 11.7. The molecule has 3 rings (SSSR count). The monoisotopic (exact) mass is 310 g/mol. The van der Waals surface area contributed by atoms with Gasteiger partial charge in [0.2, 0.25) is 0 Å². The lowest BCUT2D eigenvalue weighted by atomic mass is 10.3. The van der Waals surface area contributed by atoms with Crippen molar-refractivity contribution in [1.82, 2.24) is 20.1 Å². The maximum atomic E-state index is 11.7. The molecular formula is C14H22N4O2S. The molecule has 1 atom stereocenters. The standard InChI is InChI=1S/C14H22N4O2S/c1-3-15-11(13(19)20-2)8-21-14-17-16-12(9-4-5-9)18(14)10-6-7-10/h9-11,15H,3-8H2,1-2H3. The van der Waals surface area contributed by atoms with Crippen molar-refractivity contribution < 1.29 is 9.53 Å². The first kappa shape index (κ1) is 14.8. The topological polar surface area (TPSA) is 69.0 Å². The molecule has 1 aromatic heterocycles. The molecule has 116 valence electrons. The Balaban J connectivity index is 1.68. The number of nitrogens with one attached hydrogen (secondary N) is 1. The quantitative estimate of drug-likeness (QED) is 0.582. The van der Waals surface area contributed by atoms with E-state index < -0.39 is 0 Å². The van der Waals surface area contributed by atoms with Gasteiger partial charge in [0.1, 0.15) is 11.9 Å². The van der Waals surface area contributed by atoms with E-state index in [0.717, 1.165) is 17.5 Å². The summed E-state index contributed by atoms with van der Waals surface area (Å²) in [6.45, 7) is 2.72. The zero-order valence-electron chi connectivity index (χ0n) is 12.5. The molecule has 1 N–H and O–H groups in total. The molecule has 21 heavy (non-hydrogen) atoms. The number of aromatic nitrogens is 3. The van der Waals surface area contributed by atoms with E-state index in [9.17, 15) is 4.79 Å². The Morgan fingerprint density at radius 1 is 1.43 bits per heavy atom. The van der Waals surface area contributed by atoms with Gasteiger partial charge in [-0.1, -0.05) is 18.7 Å². The van der Waals surface area contributed by atoms with Crippen LogP contribution in [0.15, 0.2) is 5.16 Å². The summed E-state index contributed by atoms with van der Waals surface area (Å²) >= 11 is 1.60. The minimum atomic E-state index is -0.293. The Bertz CT molecular complexity index is 511. The Hall–Kier alpha value is -1.08. The SMILES string of the molecule is CCNC(CSc1nnc(C2CC2)n1C1CC1)C(=O)OC. The van der Waals surface area contributed by atoms with Gasteiger partial charge >= 0.3 is 5.97 Å². The zero-order valence-corrected chi connectivity index (χ0v) is 13.4. The summed E-state index contributed by atoms with van der Waals surface area (Å²) in [6, 6.07) is 0.285. The fourth-order valence-electron chi connectivity index (χ4n) is 2.44. The van der Waals surface area contributed by atoms with Crippen molar-refractivity contribution in [1.29, 1.82) is 0 Å². The third kappa shape index (κ3) is 3.40. The van der Waals surface area contributed by atoms with Crippen molar-refractivity contribution in [2.24, 2.45) is 0 Å². The van der Waals surface area contributed by atoms with Crippen LogP contribution in [0.25, 0.3) is 0 Å². The number of thioether (sulfide) groups is 1. The van der Waals surface area contributed by atoms with Crippen LogP contribution in [-0.2, 0) is 9.53 Å². The molecule has 0 aromatic carbocycles. The molecule has 1 heterocycles. The maximum absolute atomic E-state index is 11.7. The summed E-state index contributed by atoms with van der Waals surface area (Å²) in [5.41, 5.74) is 0. The molecule has 7 heteroatoms. The highest BCUT2D eigenvalue weighted by Crippen LogP contribution is 2.46. The lowest BCUT2D eigenvalue weighted by molar-refractivity contribution is -0.142. The summed E-state index contributed by atoms with van der Waals surface area (Å²) in [6.07, 6.45) is 4.91. The first-order chi connectivity index (χ1) is 10.2. The molecule has 0 amide bonds. The number of esters is 1. The van der Waals surface area contributed by atoms with Crippen LogP contribution in [0.5, 0.6) is 0 Å². The van der Waals surface area contributed by atoms with Crippen LogP contribution in [0.1, 0.15) is 50.4 Å². The second-order valence-corrected chi connectivity index (χ2v) is 6.65. The molecule has 0 saturated heterocycles. The van der Waals surface area contributed by atoms with Crippen LogP contribution in [0.2, 0.25) is 0 Å². The van der Waals surface area contributed by atoms with Crippen LogP contribution in [-0.4, -0.2) is 46.2 Å². The van der Waals surface area contributed by atoms with Crippen LogP contribution < -0.4 is 5.32 Å². The smallest absolute Gasteiger partial charge is 0.323 e. The molecule has 0 spiro atoms. The molecule has 2 saturated carbocycles. The van der Waals surface area contributed by atoms with E-state index in [-0.39, 0.29) is 12.0 Å². The van der Waals surface area contributed by atoms with Gasteiger partial charge in [-0.15, -0.1) is 10.2 Å². The predicted octanol–water partition coefficient (Wildman–Crippen LogP) is 1.73. The largest absolute Gasteiger partial charge is 0.468 e. The highest BCUT2D eigenvalue weighted by Gasteiger charge is 2.36. The average Bonchev–Trinajstić information content (AvgIpc) is 3.41. The summed E-state index contributed by atoms with van der Waals surface area (Å²) in [5.74, 6) is 2.16.